The zero-order chi connectivity index (χ0) is 6.73. The van der Waals surface area contributed by atoms with Crippen LogP contribution in [0.3, 0.4) is 0 Å². The summed E-state index contributed by atoms with van der Waals surface area (Å²) in [6.07, 6.45) is -6.20. The van der Waals surface area contributed by atoms with Crippen molar-refractivity contribution < 1.29 is 17.6 Å². The largest absolute Gasteiger partial charge is 0.273 e. The van der Waals surface area contributed by atoms with E-state index in [9.17, 15) is 17.6 Å². The lowest BCUT2D eigenvalue weighted by atomic mass is 10.4. The molecule has 0 spiro atoms. The van der Waals surface area contributed by atoms with E-state index in [4.69, 9.17) is 0 Å². The van der Waals surface area contributed by atoms with Crippen molar-refractivity contribution in [2.45, 2.75) is 18.2 Å². The van der Waals surface area contributed by atoms with Gasteiger partial charge >= 0.3 is 0 Å². The molecule has 0 rings (SSSR count). The first kappa shape index (κ1) is 8.01. The molecule has 0 saturated carbocycles. The van der Waals surface area contributed by atoms with E-state index in [0.717, 1.165) is 0 Å². The summed E-state index contributed by atoms with van der Waals surface area (Å²) in [6.45, 7) is 0. The predicted molar refractivity (Wildman–Crippen MR) is 21.6 cm³/mol. The van der Waals surface area contributed by atoms with E-state index in [1.807, 2.05) is 0 Å². The zero-order valence-electron chi connectivity index (χ0n) is 3.62. The van der Waals surface area contributed by atoms with E-state index in [0.29, 0.717) is 0 Å². The van der Waals surface area contributed by atoms with Gasteiger partial charge in [0.2, 0.25) is 11.8 Å². The molecule has 2 atom stereocenters. The van der Waals surface area contributed by atoms with Gasteiger partial charge in [0.25, 0.3) is 6.43 Å². The van der Waals surface area contributed by atoms with Gasteiger partial charge in [-0.15, -0.1) is 0 Å². The molecule has 0 aliphatic rings. The Morgan fingerprint density at radius 2 is 1.38 bits per heavy atom. The van der Waals surface area contributed by atoms with E-state index in [1.165, 1.54) is 0 Å². The zero-order valence-corrected chi connectivity index (χ0v) is 4.38. The third-order valence-corrected chi connectivity index (χ3v) is 0.722. The molecule has 0 aliphatic heterocycles. The SMILES string of the molecule is FC(F)C(F)C(F)Cl. The lowest BCUT2D eigenvalue weighted by Crippen LogP contribution is -2.19. The molecule has 0 fully saturated rings. The first-order chi connectivity index (χ1) is 3.55. The molecule has 2 unspecified atom stereocenters. The molecule has 0 bridgehead atoms. The van der Waals surface area contributed by atoms with Crippen LogP contribution in [0.15, 0.2) is 0 Å². The standard InChI is InChI=1S/C3H3ClF4/c4-2(6)1(5)3(7)8/h1-3H. The summed E-state index contributed by atoms with van der Waals surface area (Å²) in [5, 5.41) is 0. The minimum absolute atomic E-state index is 2.60. The summed E-state index contributed by atoms with van der Waals surface area (Å²) in [5.74, 6) is 0. The lowest BCUT2D eigenvalue weighted by molar-refractivity contribution is 0.0257. The van der Waals surface area contributed by atoms with Gasteiger partial charge in [0, 0.05) is 0 Å². The van der Waals surface area contributed by atoms with Crippen molar-refractivity contribution >= 4 is 11.6 Å². The van der Waals surface area contributed by atoms with Gasteiger partial charge in [-0.25, -0.2) is 17.6 Å². The van der Waals surface area contributed by atoms with Crippen molar-refractivity contribution in [1.29, 1.82) is 0 Å². The molecule has 50 valence electrons. The summed E-state index contributed by atoms with van der Waals surface area (Å²) in [4.78, 5) is 0. The molecule has 0 aromatic heterocycles. The van der Waals surface area contributed by atoms with Crippen LogP contribution >= 0.6 is 11.6 Å². The Morgan fingerprint density at radius 3 is 1.38 bits per heavy atom. The number of rotatable bonds is 2. The van der Waals surface area contributed by atoms with E-state index >= 15 is 0 Å². The van der Waals surface area contributed by atoms with Gasteiger partial charge in [-0.05, 0) is 0 Å². The molecule has 0 amide bonds. The number of halogens is 5. The summed E-state index contributed by atoms with van der Waals surface area (Å²) in [5.41, 5.74) is -2.60. The molecule has 0 heterocycles. The van der Waals surface area contributed by atoms with Crippen LogP contribution in [0.25, 0.3) is 0 Å². The first-order valence-electron chi connectivity index (χ1n) is 1.76. The third-order valence-electron chi connectivity index (χ3n) is 0.481. The van der Waals surface area contributed by atoms with Crippen LogP contribution in [0, 0.1) is 0 Å². The average Bonchev–Trinajstić information content (AvgIpc) is 1.64. The van der Waals surface area contributed by atoms with Crippen LogP contribution in [0.2, 0.25) is 0 Å². The fourth-order valence-corrected chi connectivity index (χ4v) is 0.220. The number of alkyl halides is 5. The topological polar surface area (TPSA) is 0 Å². The van der Waals surface area contributed by atoms with Gasteiger partial charge in [0.1, 0.15) is 0 Å². The Bertz CT molecular complexity index is 56.3. The maximum Gasteiger partial charge on any atom is 0.273 e. The molecular formula is C3H3ClF4. The predicted octanol–water partition coefficient (Wildman–Crippen LogP) is 2.12. The van der Waals surface area contributed by atoms with Crippen molar-refractivity contribution in [2.75, 3.05) is 0 Å². The molecule has 0 N–H and O–H groups in total. The van der Waals surface area contributed by atoms with Crippen LogP contribution in [0.1, 0.15) is 0 Å². The highest BCUT2D eigenvalue weighted by molar-refractivity contribution is 6.20. The van der Waals surface area contributed by atoms with Gasteiger partial charge in [-0.3, -0.25) is 0 Å². The number of hydrogen-bond donors (Lipinski definition) is 0. The van der Waals surface area contributed by atoms with Gasteiger partial charge < -0.3 is 0 Å². The molecule has 0 nitrogen and oxygen atoms in total. The molecule has 0 radical (unpaired) electrons. The second-order valence-electron chi connectivity index (χ2n) is 1.11. The first-order valence-corrected chi connectivity index (χ1v) is 2.19. The molecule has 0 aliphatic carbocycles. The minimum atomic E-state index is -3.33. The van der Waals surface area contributed by atoms with Crippen molar-refractivity contribution in [3.63, 3.8) is 0 Å². The van der Waals surface area contributed by atoms with E-state index in [-0.39, 0.29) is 0 Å². The van der Waals surface area contributed by atoms with Gasteiger partial charge in [-0.1, -0.05) is 11.6 Å². The fourth-order valence-electron chi connectivity index (χ4n) is 0.110. The molecule has 0 aromatic carbocycles. The van der Waals surface area contributed by atoms with E-state index < -0.39 is 18.2 Å². The van der Waals surface area contributed by atoms with Crippen molar-refractivity contribution in [3.8, 4) is 0 Å². The van der Waals surface area contributed by atoms with Crippen LogP contribution in [-0.2, 0) is 0 Å². The highest BCUT2D eigenvalue weighted by atomic mass is 35.5. The monoisotopic (exact) mass is 150 g/mol. The Kier molecular flexibility index (Phi) is 3.12. The molecule has 5 heteroatoms. The van der Waals surface area contributed by atoms with Crippen molar-refractivity contribution in [2.24, 2.45) is 0 Å². The summed E-state index contributed by atoms with van der Waals surface area (Å²) >= 11 is 4.30. The van der Waals surface area contributed by atoms with Gasteiger partial charge in [-0.2, -0.15) is 0 Å². The highest BCUT2D eigenvalue weighted by Crippen LogP contribution is 2.15. The van der Waals surface area contributed by atoms with Crippen molar-refractivity contribution in [1.82, 2.24) is 0 Å². The van der Waals surface area contributed by atoms with Crippen molar-refractivity contribution in [3.05, 3.63) is 0 Å². The minimum Gasteiger partial charge on any atom is -0.237 e. The fraction of sp³-hybridized carbons (Fsp3) is 1.00. The van der Waals surface area contributed by atoms with E-state index in [2.05, 4.69) is 11.6 Å². The van der Waals surface area contributed by atoms with Crippen LogP contribution in [0.4, 0.5) is 17.6 Å². The van der Waals surface area contributed by atoms with Crippen LogP contribution < -0.4 is 0 Å². The van der Waals surface area contributed by atoms with Crippen LogP contribution in [-0.4, -0.2) is 18.2 Å². The van der Waals surface area contributed by atoms with Gasteiger partial charge in [0.05, 0.1) is 0 Å². The quantitative estimate of drug-likeness (QED) is 0.418. The Hall–Kier alpha value is 0.01000. The summed E-state index contributed by atoms with van der Waals surface area (Å²) in [6, 6.07) is 0. The second-order valence-corrected chi connectivity index (χ2v) is 1.53. The third kappa shape index (κ3) is 2.35. The average molecular weight is 151 g/mol. The normalized spacial score (nSPS) is 18.8. The lowest BCUT2D eigenvalue weighted by Gasteiger charge is -2.03. The molecule has 8 heavy (non-hydrogen) atoms. The second kappa shape index (κ2) is 3.12. The Balaban J connectivity index is 3.46. The molecular weight excluding hydrogens is 147 g/mol. The van der Waals surface area contributed by atoms with E-state index in [1.54, 1.807) is 0 Å². The molecule has 0 saturated heterocycles. The van der Waals surface area contributed by atoms with Crippen LogP contribution in [0.5, 0.6) is 0 Å². The maximum atomic E-state index is 11.4. The highest BCUT2D eigenvalue weighted by Gasteiger charge is 2.27. The number of hydrogen-bond acceptors (Lipinski definition) is 0. The van der Waals surface area contributed by atoms with Gasteiger partial charge in [0.15, 0.2) is 0 Å². The maximum absolute atomic E-state index is 11.4. The Morgan fingerprint density at radius 1 is 1.00 bits per heavy atom. The summed E-state index contributed by atoms with van der Waals surface area (Å²) < 4.78 is 44.6. The summed E-state index contributed by atoms with van der Waals surface area (Å²) in [7, 11) is 0. The molecule has 0 aromatic rings. The Labute approximate surface area is 48.4 Å². The smallest absolute Gasteiger partial charge is 0.237 e.